The van der Waals surface area contributed by atoms with Crippen molar-refractivity contribution in [2.75, 3.05) is 0 Å². The maximum atomic E-state index is 8.40. The molecule has 0 N–H and O–H groups in total. The largest absolute Gasteiger partial charge is 2.00 e. The van der Waals surface area contributed by atoms with Crippen LogP contribution >= 0.6 is 0 Å². The van der Waals surface area contributed by atoms with Gasteiger partial charge in [-0.15, -0.1) is 0 Å². The molecule has 2 nitrogen and oxygen atoms in total. The molecule has 0 aliphatic heterocycles. The van der Waals surface area contributed by atoms with E-state index in [9.17, 15) is 0 Å². The van der Waals surface area contributed by atoms with Gasteiger partial charge in [0.05, 0.1) is 0 Å². The maximum absolute atomic E-state index is 8.40. The second-order valence-electron chi connectivity index (χ2n) is 0.0833. The second kappa shape index (κ2) is 8.83. The topological polar surface area (TPSA) is 34.1 Å². The van der Waals surface area contributed by atoms with Crippen molar-refractivity contribution in [2.45, 2.75) is 0 Å². The summed E-state index contributed by atoms with van der Waals surface area (Å²) in [5.74, 6) is 0. The Morgan fingerprint density at radius 1 is 1.50 bits per heavy atom. The molecule has 0 aromatic heterocycles. The molecular weight excluding hydrogens is 197 g/mol. The van der Waals surface area contributed by atoms with Crippen molar-refractivity contribution in [3.8, 4) is 0 Å². The third-order valence-corrected chi connectivity index (χ3v) is 0. The minimum atomic E-state index is -1.42. The van der Waals surface area contributed by atoms with Gasteiger partial charge in [0, 0.05) is 0 Å². The van der Waals surface area contributed by atoms with Gasteiger partial charge in [-0.2, -0.15) is 0 Å². The minimum absolute atomic E-state index is 0. The Bertz CT molecular complexity index is 32.5. The van der Waals surface area contributed by atoms with E-state index in [4.69, 9.17) is 8.92 Å². The van der Waals surface area contributed by atoms with Gasteiger partial charge in [-0.3, -0.25) is 8.92 Å². The molecule has 0 amide bonds. The summed E-state index contributed by atoms with van der Waals surface area (Å²) in [4.78, 5) is 0. The Kier molecular flexibility index (Phi) is 20.0. The first-order chi connectivity index (χ1) is 1.41. The van der Waals surface area contributed by atoms with Crippen LogP contribution in [0.2, 0.25) is 0 Å². The molecule has 0 heterocycles. The normalized spacial score (nSPS) is 2.00. The van der Waals surface area contributed by atoms with Crippen molar-refractivity contribution in [3.05, 3.63) is 0 Å². The van der Waals surface area contributed by atoms with Gasteiger partial charge in [0.2, 0.25) is 0 Å². The van der Waals surface area contributed by atoms with Crippen LogP contribution in [0.4, 0.5) is 0 Å². The van der Waals surface area contributed by atoms with Gasteiger partial charge >= 0.3 is 58.2 Å². The molecule has 0 atom stereocenters. The molecule has 4 heavy (non-hydrogen) atoms. The van der Waals surface area contributed by atoms with Crippen molar-refractivity contribution in [1.29, 1.82) is 0 Å². The molecule has 20 valence electrons. The fraction of sp³-hybridized carbons (Fsp3) is 0. The first kappa shape index (κ1) is 9.04. The molecule has 0 saturated carbocycles. The van der Waals surface area contributed by atoms with E-state index in [1.807, 2.05) is 0 Å². The summed E-state index contributed by atoms with van der Waals surface area (Å²) in [7, 11) is -1.42. The number of hydrogen-bond acceptors (Lipinski definition) is 2. The Morgan fingerprint density at radius 2 is 1.50 bits per heavy atom. The van der Waals surface area contributed by atoms with Crippen molar-refractivity contribution in [2.24, 2.45) is 0 Å². The molecule has 0 bridgehead atoms. The van der Waals surface area contributed by atoms with E-state index in [2.05, 4.69) is 0 Å². The molecule has 0 fully saturated rings. The molecule has 0 aromatic carbocycles. The maximum Gasteiger partial charge on any atom is 2.00 e. The third kappa shape index (κ3) is 10.0. The molecule has 4 heteroatoms. The van der Waals surface area contributed by atoms with E-state index < -0.39 is 9.29 Å². The zero-order valence-electron chi connectivity index (χ0n) is 4.02. The van der Waals surface area contributed by atoms with Crippen molar-refractivity contribution in [1.82, 2.24) is 0 Å². The summed E-state index contributed by atoms with van der Waals surface area (Å²) in [6, 6.07) is 0. The summed E-state index contributed by atoms with van der Waals surface area (Å²) in [5, 5.41) is 0. The SMILES string of the molecule is O=[Si]=O.[Ba+2].[H-].[H-]. The first-order valence-corrected chi connectivity index (χ1v) is 1.22. The molecule has 0 aromatic rings. The molecule has 0 radical (unpaired) electrons. The number of hydrogen-bond donors (Lipinski definition) is 0. The Hall–Kier alpha value is 1.39. The summed E-state index contributed by atoms with van der Waals surface area (Å²) in [6.07, 6.45) is 0. The summed E-state index contributed by atoms with van der Waals surface area (Å²) >= 11 is 0. The third-order valence-electron chi connectivity index (χ3n) is 0. The van der Waals surface area contributed by atoms with Gasteiger partial charge in [-0.25, -0.2) is 0 Å². The van der Waals surface area contributed by atoms with E-state index in [-0.39, 0.29) is 51.7 Å². The van der Waals surface area contributed by atoms with E-state index in [1.54, 1.807) is 0 Å². The molecular formula is H2BaO2Si. The Balaban J connectivity index is -0.00000000667. The monoisotopic (exact) mass is 200 g/mol. The van der Waals surface area contributed by atoms with Gasteiger partial charge in [0.15, 0.2) is 0 Å². The summed E-state index contributed by atoms with van der Waals surface area (Å²) in [5.41, 5.74) is 0. The predicted molar refractivity (Wildman–Crippen MR) is 15.1 cm³/mol. The molecule has 0 spiro atoms. The second-order valence-corrected chi connectivity index (χ2v) is 0.250. The van der Waals surface area contributed by atoms with E-state index in [1.165, 1.54) is 0 Å². The number of rotatable bonds is 0. The van der Waals surface area contributed by atoms with Gasteiger partial charge in [0.1, 0.15) is 0 Å². The molecule has 0 unspecified atom stereocenters. The van der Waals surface area contributed by atoms with Crippen LogP contribution in [-0.2, 0) is 8.92 Å². The van der Waals surface area contributed by atoms with Crippen LogP contribution < -0.4 is 0 Å². The van der Waals surface area contributed by atoms with Crippen LogP contribution in [0.3, 0.4) is 0 Å². The van der Waals surface area contributed by atoms with Crippen LogP contribution in [0.5, 0.6) is 0 Å². The zero-order valence-corrected chi connectivity index (χ0v) is 7.46. The fourth-order valence-electron chi connectivity index (χ4n) is 0. The van der Waals surface area contributed by atoms with Crippen molar-refractivity contribution < 1.29 is 11.8 Å². The molecule has 0 aliphatic carbocycles. The van der Waals surface area contributed by atoms with Crippen molar-refractivity contribution >= 4 is 58.2 Å². The van der Waals surface area contributed by atoms with Crippen molar-refractivity contribution in [3.63, 3.8) is 0 Å². The van der Waals surface area contributed by atoms with Crippen LogP contribution in [0.1, 0.15) is 2.85 Å². The predicted octanol–water partition coefficient (Wildman–Crippen LogP) is -0.774. The molecule has 0 saturated heterocycles. The zero-order chi connectivity index (χ0) is 2.71. The summed E-state index contributed by atoms with van der Waals surface area (Å²) in [6.45, 7) is 0. The van der Waals surface area contributed by atoms with Crippen LogP contribution in [0, 0.1) is 0 Å². The smallest absolute Gasteiger partial charge is 1.00 e. The Morgan fingerprint density at radius 3 is 1.50 bits per heavy atom. The minimum Gasteiger partial charge on any atom is -1.00 e. The first-order valence-electron chi connectivity index (χ1n) is 0.408. The average molecular weight is 199 g/mol. The fourth-order valence-corrected chi connectivity index (χ4v) is 0. The van der Waals surface area contributed by atoms with Gasteiger partial charge in [-0.1, -0.05) is 0 Å². The molecule has 0 rings (SSSR count). The van der Waals surface area contributed by atoms with E-state index in [0.29, 0.717) is 0 Å². The standard InChI is InChI=1S/Ba.O2Si.2H/c;1-3-2;;/q+2;;2*-1. The van der Waals surface area contributed by atoms with Crippen LogP contribution in [-0.4, -0.2) is 58.2 Å². The van der Waals surface area contributed by atoms with Gasteiger partial charge in [-0.05, 0) is 0 Å². The van der Waals surface area contributed by atoms with Gasteiger partial charge < -0.3 is 2.85 Å². The average Bonchev–Trinajstić information content (AvgIpc) is 0.918. The van der Waals surface area contributed by atoms with E-state index >= 15 is 0 Å². The van der Waals surface area contributed by atoms with E-state index in [0.717, 1.165) is 0 Å². The molecule has 0 aliphatic rings. The van der Waals surface area contributed by atoms with Gasteiger partial charge in [0.25, 0.3) is 0 Å². The Labute approximate surface area is 68.9 Å². The van der Waals surface area contributed by atoms with Crippen LogP contribution in [0.15, 0.2) is 0 Å². The van der Waals surface area contributed by atoms with Crippen LogP contribution in [0.25, 0.3) is 0 Å². The summed E-state index contributed by atoms with van der Waals surface area (Å²) < 4.78 is 16.8. The quantitative estimate of drug-likeness (QED) is 0.480.